The van der Waals surface area contributed by atoms with Crippen LogP contribution in [0.2, 0.25) is 0 Å². The van der Waals surface area contributed by atoms with E-state index in [1.54, 1.807) is 11.3 Å². The van der Waals surface area contributed by atoms with E-state index in [-0.39, 0.29) is 12.3 Å². The summed E-state index contributed by atoms with van der Waals surface area (Å²) in [7, 11) is 0. The highest BCUT2D eigenvalue weighted by Crippen LogP contribution is 2.39. The first kappa shape index (κ1) is 14.0. The number of aryl methyl sites for hydroxylation is 1. The van der Waals surface area contributed by atoms with Crippen LogP contribution in [0.4, 0.5) is 5.13 Å². The van der Waals surface area contributed by atoms with E-state index in [0.717, 1.165) is 25.0 Å². The largest absolute Gasteiger partial charge is 0.301 e. The molecule has 1 N–H and O–H groups in total. The number of rotatable bonds is 2. The molecule has 0 saturated heterocycles. The Hall–Kier alpha value is -1.41. The van der Waals surface area contributed by atoms with Crippen LogP contribution in [0.1, 0.15) is 44.2 Å². The Morgan fingerprint density at radius 1 is 1.58 bits per heavy atom. The zero-order valence-electron chi connectivity index (χ0n) is 11.6. The van der Waals surface area contributed by atoms with E-state index in [9.17, 15) is 4.79 Å². The number of amides is 1. The number of aromatic nitrogens is 1. The lowest BCUT2D eigenvalue weighted by atomic mass is 9.73. The minimum atomic E-state index is -0.277. The minimum Gasteiger partial charge on any atom is -0.301 e. The fourth-order valence-corrected chi connectivity index (χ4v) is 3.51. The Kier molecular flexibility index (Phi) is 3.91. The van der Waals surface area contributed by atoms with Crippen LogP contribution in [-0.4, -0.2) is 10.9 Å². The number of nitrogens with one attached hydrogen (secondary N) is 1. The van der Waals surface area contributed by atoms with Crippen molar-refractivity contribution in [3.05, 3.63) is 10.6 Å². The van der Waals surface area contributed by atoms with Crippen molar-refractivity contribution < 1.29 is 4.79 Å². The van der Waals surface area contributed by atoms with E-state index in [4.69, 9.17) is 5.26 Å². The fraction of sp³-hybridized carbons (Fsp3) is 0.643. The maximum atomic E-state index is 11.4. The van der Waals surface area contributed by atoms with E-state index >= 15 is 0 Å². The number of carbonyl (C=O) groups excluding carboxylic acids is 1. The van der Waals surface area contributed by atoms with Gasteiger partial charge in [0.2, 0.25) is 5.91 Å². The molecule has 1 heterocycles. The monoisotopic (exact) mass is 277 g/mol. The third-order valence-corrected chi connectivity index (χ3v) is 4.69. The summed E-state index contributed by atoms with van der Waals surface area (Å²) in [5.41, 5.74) is 1.43. The van der Waals surface area contributed by atoms with Gasteiger partial charge in [0.05, 0.1) is 11.8 Å². The summed E-state index contributed by atoms with van der Waals surface area (Å²) in [5, 5.41) is 11.8. The number of hydrogen-bond acceptors (Lipinski definition) is 4. The van der Waals surface area contributed by atoms with Gasteiger partial charge in [0, 0.05) is 4.88 Å². The molecule has 1 aliphatic carbocycles. The Morgan fingerprint density at radius 2 is 2.32 bits per heavy atom. The van der Waals surface area contributed by atoms with Crippen molar-refractivity contribution in [1.29, 1.82) is 5.26 Å². The highest BCUT2D eigenvalue weighted by molar-refractivity contribution is 7.15. The van der Waals surface area contributed by atoms with Crippen molar-refractivity contribution in [1.82, 2.24) is 4.98 Å². The summed E-state index contributed by atoms with van der Waals surface area (Å²) in [6.07, 6.45) is 3.08. The molecule has 1 aromatic rings. The lowest BCUT2D eigenvalue weighted by Crippen LogP contribution is -2.26. The molecule has 0 spiro atoms. The topological polar surface area (TPSA) is 65.8 Å². The second kappa shape index (κ2) is 5.30. The number of thiazole rings is 1. The van der Waals surface area contributed by atoms with Gasteiger partial charge in [-0.05, 0) is 30.6 Å². The van der Waals surface area contributed by atoms with Gasteiger partial charge in [-0.2, -0.15) is 5.26 Å². The number of nitriles is 1. The number of carbonyl (C=O) groups is 1. The molecular formula is C14H19N3OS. The second-order valence-electron chi connectivity index (χ2n) is 6.08. The third-order valence-electron chi connectivity index (χ3n) is 3.65. The zero-order valence-corrected chi connectivity index (χ0v) is 12.4. The fourth-order valence-electron chi connectivity index (χ4n) is 2.40. The normalized spacial score (nSPS) is 18.5. The van der Waals surface area contributed by atoms with Gasteiger partial charge in [-0.1, -0.05) is 20.8 Å². The Balaban J connectivity index is 2.09. The molecule has 0 bridgehead atoms. The van der Waals surface area contributed by atoms with Crippen LogP contribution in [0.15, 0.2) is 0 Å². The summed E-state index contributed by atoms with van der Waals surface area (Å²) in [5.74, 6) is 0.393. The molecule has 1 atom stereocenters. The van der Waals surface area contributed by atoms with Crippen LogP contribution in [0.25, 0.3) is 0 Å². The number of fused-ring (bicyclic) bond motifs is 1. The summed E-state index contributed by atoms with van der Waals surface area (Å²) < 4.78 is 0. The molecule has 0 aliphatic heterocycles. The Labute approximate surface area is 117 Å². The Morgan fingerprint density at radius 3 is 2.95 bits per heavy atom. The van der Waals surface area contributed by atoms with E-state index in [1.807, 2.05) is 6.07 Å². The van der Waals surface area contributed by atoms with Crippen molar-refractivity contribution in [2.45, 2.75) is 46.5 Å². The van der Waals surface area contributed by atoms with E-state index in [0.29, 0.717) is 16.5 Å². The van der Waals surface area contributed by atoms with Crippen molar-refractivity contribution in [2.24, 2.45) is 11.3 Å². The molecular weight excluding hydrogens is 258 g/mol. The van der Waals surface area contributed by atoms with Gasteiger partial charge >= 0.3 is 0 Å². The number of nitrogens with zero attached hydrogens (tertiary/aromatic N) is 2. The van der Waals surface area contributed by atoms with E-state index in [1.165, 1.54) is 4.88 Å². The van der Waals surface area contributed by atoms with Gasteiger partial charge in [-0.3, -0.25) is 4.79 Å². The molecule has 1 aromatic heterocycles. The molecule has 1 aliphatic rings. The second-order valence-corrected chi connectivity index (χ2v) is 7.16. The van der Waals surface area contributed by atoms with Gasteiger partial charge in [0.25, 0.3) is 0 Å². The molecule has 19 heavy (non-hydrogen) atoms. The number of anilines is 1. The Bertz CT molecular complexity index is 522. The molecule has 0 aromatic carbocycles. The molecule has 1 unspecified atom stereocenters. The summed E-state index contributed by atoms with van der Waals surface area (Å²) >= 11 is 1.56. The lowest BCUT2D eigenvalue weighted by molar-refractivity contribution is -0.115. The molecule has 2 rings (SSSR count). The average Bonchev–Trinajstić information content (AvgIpc) is 2.68. The van der Waals surface area contributed by atoms with E-state index < -0.39 is 0 Å². The first-order valence-corrected chi connectivity index (χ1v) is 7.37. The highest BCUT2D eigenvalue weighted by atomic mass is 32.1. The standard InChI is InChI=1S/C14H19N3OS/c1-14(2,3)9-4-5-10-11(8-9)19-13(16-10)17-12(18)6-7-15/h9H,4-6,8H2,1-3H3,(H,16,17,18). The maximum Gasteiger partial charge on any atom is 0.240 e. The first-order chi connectivity index (χ1) is 8.90. The maximum absolute atomic E-state index is 11.4. The van der Waals surface area contributed by atoms with Crippen LogP contribution >= 0.6 is 11.3 Å². The van der Waals surface area contributed by atoms with Gasteiger partial charge in [0.1, 0.15) is 6.42 Å². The SMILES string of the molecule is CC(C)(C)C1CCc2nc(NC(=O)CC#N)sc2C1. The van der Waals surface area contributed by atoms with Crippen LogP contribution < -0.4 is 5.32 Å². The van der Waals surface area contributed by atoms with Gasteiger partial charge in [-0.25, -0.2) is 4.98 Å². The molecule has 4 nitrogen and oxygen atoms in total. The van der Waals surface area contributed by atoms with Crippen molar-refractivity contribution >= 4 is 22.4 Å². The van der Waals surface area contributed by atoms with E-state index in [2.05, 4.69) is 31.1 Å². The van der Waals surface area contributed by atoms with Crippen LogP contribution in [0, 0.1) is 22.7 Å². The van der Waals surface area contributed by atoms with Crippen molar-refractivity contribution in [3.63, 3.8) is 0 Å². The third kappa shape index (κ3) is 3.32. The smallest absolute Gasteiger partial charge is 0.240 e. The van der Waals surface area contributed by atoms with Crippen LogP contribution in [-0.2, 0) is 17.6 Å². The molecule has 0 fully saturated rings. The molecule has 1 amide bonds. The van der Waals surface area contributed by atoms with Crippen molar-refractivity contribution in [2.75, 3.05) is 5.32 Å². The van der Waals surface area contributed by atoms with Gasteiger partial charge in [-0.15, -0.1) is 11.3 Å². The highest BCUT2D eigenvalue weighted by Gasteiger charge is 2.30. The van der Waals surface area contributed by atoms with Gasteiger partial charge in [0.15, 0.2) is 5.13 Å². The molecule has 0 saturated carbocycles. The predicted molar refractivity (Wildman–Crippen MR) is 75.9 cm³/mol. The summed E-state index contributed by atoms with van der Waals surface area (Å²) in [4.78, 5) is 17.1. The quantitative estimate of drug-likeness (QED) is 0.903. The number of hydrogen-bond donors (Lipinski definition) is 1. The zero-order chi connectivity index (χ0) is 14.0. The van der Waals surface area contributed by atoms with Crippen LogP contribution in [0.5, 0.6) is 0 Å². The summed E-state index contributed by atoms with van der Waals surface area (Å²) in [6.45, 7) is 6.83. The average molecular weight is 277 g/mol. The van der Waals surface area contributed by atoms with Crippen molar-refractivity contribution in [3.8, 4) is 6.07 Å². The minimum absolute atomic E-state index is 0.116. The van der Waals surface area contributed by atoms with Gasteiger partial charge < -0.3 is 5.32 Å². The predicted octanol–water partition coefficient (Wildman–Crippen LogP) is 3.15. The lowest BCUT2D eigenvalue weighted by Gasteiger charge is -2.33. The molecule has 102 valence electrons. The summed E-state index contributed by atoms with van der Waals surface area (Å²) in [6, 6.07) is 1.84. The van der Waals surface area contributed by atoms with Crippen LogP contribution in [0.3, 0.4) is 0 Å². The molecule has 0 radical (unpaired) electrons. The molecule has 5 heteroatoms. The first-order valence-electron chi connectivity index (χ1n) is 6.55.